The van der Waals surface area contributed by atoms with E-state index in [4.69, 9.17) is 10.00 Å². The Morgan fingerprint density at radius 3 is 2.44 bits per heavy atom. The second-order valence-electron chi connectivity index (χ2n) is 4.34. The molecule has 96 valence electrons. The summed E-state index contributed by atoms with van der Waals surface area (Å²) in [6, 6.07) is 5.12. The number of ether oxygens (including phenoxy) is 1. The fourth-order valence-electron chi connectivity index (χ4n) is 2.11. The number of benzene rings is 1. The number of halogens is 3. The monoisotopic (exact) mass is 255 g/mol. The Kier molecular flexibility index (Phi) is 3.46. The highest BCUT2D eigenvalue weighted by Gasteiger charge is 2.35. The molecule has 0 radical (unpaired) electrons. The van der Waals surface area contributed by atoms with Gasteiger partial charge in [-0.15, -0.1) is 0 Å². The lowest BCUT2D eigenvalue weighted by atomic mass is 10.1. The first kappa shape index (κ1) is 12.7. The molecular formula is C13H12F3NO. The number of alkyl halides is 3. The number of nitrogens with zero attached hydrogens (tertiary/aromatic N) is 1. The molecule has 1 aliphatic rings. The van der Waals surface area contributed by atoms with Crippen LogP contribution in [0, 0.1) is 11.3 Å². The van der Waals surface area contributed by atoms with Crippen LogP contribution < -0.4 is 4.74 Å². The Balaban J connectivity index is 2.30. The average Bonchev–Trinajstić information content (AvgIpc) is 2.81. The summed E-state index contributed by atoms with van der Waals surface area (Å²) < 4.78 is 44.0. The highest BCUT2D eigenvalue weighted by Crippen LogP contribution is 2.38. The summed E-state index contributed by atoms with van der Waals surface area (Å²) in [4.78, 5) is 0. The predicted octanol–water partition coefficient (Wildman–Crippen LogP) is 3.90. The zero-order valence-electron chi connectivity index (χ0n) is 9.63. The number of rotatable bonds is 2. The fraction of sp³-hybridized carbons (Fsp3) is 0.462. The van der Waals surface area contributed by atoms with E-state index in [0.717, 1.165) is 31.7 Å². The lowest BCUT2D eigenvalue weighted by Crippen LogP contribution is -2.15. The topological polar surface area (TPSA) is 33.0 Å². The Hall–Kier alpha value is -1.70. The van der Waals surface area contributed by atoms with Crippen molar-refractivity contribution in [3.05, 3.63) is 29.3 Å². The van der Waals surface area contributed by atoms with Gasteiger partial charge >= 0.3 is 6.18 Å². The molecule has 0 amide bonds. The zero-order valence-corrected chi connectivity index (χ0v) is 9.63. The first-order valence-electron chi connectivity index (χ1n) is 5.78. The van der Waals surface area contributed by atoms with Crippen molar-refractivity contribution in [2.75, 3.05) is 0 Å². The largest absolute Gasteiger partial charge is 0.490 e. The standard InChI is InChI=1S/C13H12F3NO/c14-13(15,16)11-7-9(8-17)5-6-12(11)18-10-3-1-2-4-10/h5-7,10H,1-4H2. The third-order valence-corrected chi connectivity index (χ3v) is 3.01. The van der Waals surface area contributed by atoms with Gasteiger partial charge in [0, 0.05) is 0 Å². The molecule has 2 nitrogen and oxygen atoms in total. The third kappa shape index (κ3) is 2.76. The van der Waals surface area contributed by atoms with Gasteiger partial charge in [-0.1, -0.05) is 0 Å². The summed E-state index contributed by atoms with van der Waals surface area (Å²) in [5.41, 5.74) is -0.880. The van der Waals surface area contributed by atoms with Gasteiger partial charge in [0.25, 0.3) is 0 Å². The van der Waals surface area contributed by atoms with Crippen LogP contribution >= 0.6 is 0 Å². The van der Waals surface area contributed by atoms with Gasteiger partial charge in [0.1, 0.15) is 5.75 Å². The van der Waals surface area contributed by atoms with E-state index >= 15 is 0 Å². The first-order valence-corrected chi connectivity index (χ1v) is 5.78. The van der Waals surface area contributed by atoms with E-state index in [1.165, 1.54) is 12.1 Å². The van der Waals surface area contributed by atoms with Crippen LogP contribution in [0.3, 0.4) is 0 Å². The van der Waals surface area contributed by atoms with Crippen molar-refractivity contribution >= 4 is 0 Å². The van der Waals surface area contributed by atoms with Crippen molar-refractivity contribution in [1.82, 2.24) is 0 Å². The van der Waals surface area contributed by atoms with Crippen LogP contribution in [0.25, 0.3) is 0 Å². The Bertz CT molecular complexity index is 470. The molecule has 0 heterocycles. The van der Waals surface area contributed by atoms with E-state index in [1.807, 2.05) is 0 Å². The van der Waals surface area contributed by atoms with Gasteiger partial charge in [-0.2, -0.15) is 18.4 Å². The minimum absolute atomic E-state index is 0.0129. The van der Waals surface area contributed by atoms with Crippen LogP contribution in [0.5, 0.6) is 5.75 Å². The van der Waals surface area contributed by atoms with E-state index in [1.54, 1.807) is 6.07 Å². The summed E-state index contributed by atoms with van der Waals surface area (Å²) in [5.74, 6) is -0.173. The number of hydrogen-bond donors (Lipinski definition) is 0. The van der Waals surface area contributed by atoms with Crippen molar-refractivity contribution in [2.24, 2.45) is 0 Å². The highest BCUT2D eigenvalue weighted by atomic mass is 19.4. The molecule has 1 aromatic carbocycles. The molecule has 5 heteroatoms. The molecule has 0 atom stereocenters. The molecule has 18 heavy (non-hydrogen) atoms. The fourth-order valence-corrected chi connectivity index (χ4v) is 2.11. The molecule has 1 saturated carbocycles. The molecule has 1 aromatic rings. The van der Waals surface area contributed by atoms with E-state index < -0.39 is 11.7 Å². The molecule has 0 saturated heterocycles. The zero-order chi connectivity index (χ0) is 13.2. The van der Waals surface area contributed by atoms with E-state index in [0.29, 0.717) is 0 Å². The summed E-state index contributed by atoms with van der Waals surface area (Å²) in [6.07, 6.45) is -1.08. The van der Waals surface area contributed by atoms with E-state index in [9.17, 15) is 13.2 Å². The molecule has 0 spiro atoms. The summed E-state index contributed by atoms with van der Waals surface area (Å²) in [6.45, 7) is 0. The second kappa shape index (κ2) is 4.89. The summed E-state index contributed by atoms with van der Waals surface area (Å²) >= 11 is 0. The van der Waals surface area contributed by atoms with Gasteiger partial charge in [-0.05, 0) is 43.9 Å². The molecule has 0 N–H and O–H groups in total. The number of nitriles is 1. The van der Waals surface area contributed by atoms with Gasteiger partial charge in [-0.3, -0.25) is 0 Å². The SMILES string of the molecule is N#Cc1ccc(OC2CCCC2)c(C(F)(F)F)c1. The van der Waals surface area contributed by atoms with Gasteiger partial charge in [0.2, 0.25) is 0 Å². The Morgan fingerprint density at radius 2 is 1.89 bits per heavy atom. The summed E-state index contributed by atoms with van der Waals surface area (Å²) in [7, 11) is 0. The average molecular weight is 255 g/mol. The van der Waals surface area contributed by atoms with Gasteiger partial charge in [0.05, 0.1) is 23.3 Å². The molecule has 2 rings (SSSR count). The van der Waals surface area contributed by atoms with Crippen LogP contribution in [0.4, 0.5) is 13.2 Å². The van der Waals surface area contributed by atoms with Crippen LogP contribution in [0.1, 0.15) is 36.8 Å². The lowest BCUT2D eigenvalue weighted by Gasteiger charge is -2.18. The van der Waals surface area contributed by atoms with E-state index in [-0.39, 0.29) is 17.4 Å². The molecular weight excluding hydrogens is 243 g/mol. The van der Waals surface area contributed by atoms with Crippen LogP contribution in [0.15, 0.2) is 18.2 Å². The first-order chi connectivity index (χ1) is 8.50. The Labute approximate surface area is 103 Å². The molecule has 0 bridgehead atoms. The van der Waals surface area contributed by atoms with Crippen molar-refractivity contribution in [3.8, 4) is 11.8 Å². The van der Waals surface area contributed by atoms with Crippen LogP contribution in [-0.4, -0.2) is 6.10 Å². The van der Waals surface area contributed by atoms with Crippen LogP contribution in [0.2, 0.25) is 0 Å². The number of hydrogen-bond acceptors (Lipinski definition) is 2. The van der Waals surface area contributed by atoms with E-state index in [2.05, 4.69) is 0 Å². The maximum Gasteiger partial charge on any atom is 0.420 e. The minimum atomic E-state index is -4.50. The predicted molar refractivity (Wildman–Crippen MR) is 59.0 cm³/mol. The van der Waals surface area contributed by atoms with Crippen molar-refractivity contribution in [1.29, 1.82) is 5.26 Å². The van der Waals surface area contributed by atoms with Crippen molar-refractivity contribution < 1.29 is 17.9 Å². The van der Waals surface area contributed by atoms with Gasteiger partial charge in [0.15, 0.2) is 0 Å². The molecule has 1 aliphatic carbocycles. The second-order valence-corrected chi connectivity index (χ2v) is 4.34. The maximum atomic E-state index is 12.8. The lowest BCUT2D eigenvalue weighted by molar-refractivity contribution is -0.139. The molecule has 0 aromatic heterocycles. The van der Waals surface area contributed by atoms with Crippen molar-refractivity contribution in [3.63, 3.8) is 0 Å². The highest BCUT2D eigenvalue weighted by molar-refractivity contribution is 5.43. The van der Waals surface area contributed by atoms with Crippen LogP contribution in [-0.2, 0) is 6.18 Å². The smallest absolute Gasteiger partial charge is 0.420 e. The minimum Gasteiger partial charge on any atom is -0.490 e. The maximum absolute atomic E-state index is 12.8. The molecule has 1 fully saturated rings. The molecule has 0 aliphatic heterocycles. The van der Waals surface area contributed by atoms with Gasteiger partial charge in [-0.25, -0.2) is 0 Å². The normalized spacial score (nSPS) is 16.6. The molecule has 0 unspecified atom stereocenters. The van der Waals surface area contributed by atoms with Crippen molar-refractivity contribution in [2.45, 2.75) is 38.0 Å². The summed E-state index contributed by atoms with van der Waals surface area (Å²) in [5, 5.41) is 8.64. The quantitative estimate of drug-likeness (QED) is 0.803. The Morgan fingerprint density at radius 1 is 1.22 bits per heavy atom. The third-order valence-electron chi connectivity index (χ3n) is 3.01. The van der Waals surface area contributed by atoms with Gasteiger partial charge < -0.3 is 4.74 Å².